The van der Waals surface area contributed by atoms with Crippen LogP contribution < -0.4 is 10.2 Å². The van der Waals surface area contributed by atoms with Crippen molar-refractivity contribution in [2.45, 2.75) is 6.42 Å². The summed E-state index contributed by atoms with van der Waals surface area (Å²) in [5, 5.41) is 2.81. The molecule has 1 aliphatic rings. The van der Waals surface area contributed by atoms with Crippen molar-refractivity contribution in [2.24, 2.45) is 0 Å². The third kappa shape index (κ3) is 3.63. The summed E-state index contributed by atoms with van der Waals surface area (Å²) in [6.07, 6.45) is -0.0713. The van der Waals surface area contributed by atoms with Crippen molar-refractivity contribution in [3.8, 4) is 0 Å². The third-order valence-electron chi connectivity index (χ3n) is 3.12. The number of nitrogens with zero attached hydrogens (tertiary/aromatic N) is 2. The lowest BCUT2D eigenvalue weighted by molar-refractivity contribution is -0.116. The molecule has 0 atom stereocenters. The first-order chi connectivity index (χ1) is 9.56. The Morgan fingerprint density at radius 1 is 1.35 bits per heavy atom. The van der Waals surface area contributed by atoms with Crippen molar-refractivity contribution >= 4 is 23.4 Å². The molecule has 0 spiro atoms. The van der Waals surface area contributed by atoms with Gasteiger partial charge in [0.2, 0.25) is 5.91 Å². The summed E-state index contributed by atoms with van der Waals surface area (Å²) in [5.74, 6) is -0.109. The molecule has 20 heavy (non-hydrogen) atoms. The van der Waals surface area contributed by atoms with E-state index < -0.39 is 0 Å². The molecule has 0 aromatic heterocycles. The summed E-state index contributed by atoms with van der Waals surface area (Å²) in [5.41, 5.74) is 1.83. The van der Waals surface area contributed by atoms with E-state index in [0.29, 0.717) is 19.7 Å². The Bertz CT molecular complexity index is 485. The lowest BCUT2D eigenvalue weighted by Gasteiger charge is -2.14. The Balaban J connectivity index is 1.80. The van der Waals surface area contributed by atoms with Gasteiger partial charge in [0.1, 0.15) is 6.61 Å². The normalized spacial score (nSPS) is 14.1. The number of carbonyl (C=O) groups excluding carboxylic acids is 2. The van der Waals surface area contributed by atoms with Crippen molar-refractivity contribution in [2.75, 3.05) is 44.0 Å². The van der Waals surface area contributed by atoms with Gasteiger partial charge in [-0.1, -0.05) is 0 Å². The molecule has 1 aliphatic heterocycles. The predicted molar refractivity (Wildman–Crippen MR) is 76.9 cm³/mol. The second-order valence-corrected chi connectivity index (χ2v) is 4.84. The van der Waals surface area contributed by atoms with Crippen LogP contribution in [0.4, 0.5) is 16.2 Å². The van der Waals surface area contributed by atoms with Crippen molar-refractivity contribution in [3.05, 3.63) is 24.3 Å². The van der Waals surface area contributed by atoms with Gasteiger partial charge < -0.3 is 19.9 Å². The van der Waals surface area contributed by atoms with E-state index in [9.17, 15) is 9.59 Å². The Labute approximate surface area is 118 Å². The summed E-state index contributed by atoms with van der Waals surface area (Å²) < 4.78 is 4.80. The summed E-state index contributed by atoms with van der Waals surface area (Å²) >= 11 is 0. The number of hydrogen-bond acceptors (Lipinski definition) is 4. The average molecular weight is 277 g/mol. The van der Waals surface area contributed by atoms with E-state index >= 15 is 0 Å². The van der Waals surface area contributed by atoms with Gasteiger partial charge in [-0.05, 0) is 24.3 Å². The SMILES string of the molecule is CN(C)c1ccc(NC(=O)CCN2CCOC2=O)cc1. The fraction of sp³-hybridized carbons (Fsp3) is 0.429. The van der Waals surface area contributed by atoms with Gasteiger partial charge in [-0.25, -0.2) is 4.79 Å². The first-order valence-corrected chi connectivity index (χ1v) is 6.55. The van der Waals surface area contributed by atoms with Crippen LogP contribution >= 0.6 is 0 Å². The molecule has 1 saturated heterocycles. The number of cyclic esters (lactones) is 1. The first kappa shape index (κ1) is 14.2. The summed E-state index contributed by atoms with van der Waals surface area (Å²) in [6.45, 7) is 1.36. The number of hydrogen-bond donors (Lipinski definition) is 1. The van der Waals surface area contributed by atoms with E-state index in [1.807, 2.05) is 43.3 Å². The molecule has 6 nitrogen and oxygen atoms in total. The zero-order valence-corrected chi connectivity index (χ0v) is 11.8. The fourth-order valence-corrected chi connectivity index (χ4v) is 1.93. The number of anilines is 2. The van der Waals surface area contributed by atoms with E-state index in [1.165, 1.54) is 4.90 Å². The van der Waals surface area contributed by atoms with Crippen LogP contribution in [0.3, 0.4) is 0 Å². The quantitative estimate of drug-likeness (QED) is 0.886. The zero-order chi connectivity index (χ0) is 14.5. The van der Waals surface area contributed by atoms with Gasteiger partial charge in [0.15, 0.2) is 0 Å². The fourth-order valence-electron chi connectivity index (χ4n) is 1.93. The molecule has 2 rings (SSSR count). The maximum absolute atomic E-state index is 11.8. The van der Waals surface area contributed by atoms with Gasteiger partial charge in [0.25, 0.3) is 0 Å². The molecule has 1 aromatic rings. The molecular weight excluding hydrogens is 258 g/mol. The molecule has 108 valence electrons. The van der Waals surface area contributed by atoms with E-state index in [2.05, 4.69) is 5.32 Å². The zero-order valence-electron chi connectivity index (χ0n) is 11.8. The Morgan fingerprint density at radius 2 is 2.05 bits per heavy atom. The van der Waals surface area contributed by atoms with Gasteiger partial charge in [-0.15, -0.1) is 0 Å². The van der Waals surface area contributed by atoms with E-state index in [-0.39, 0.29) is 18.4 Å². The van der Waals surface area contributed by atoms with Crippen LogP contribution in [0.5, 0.6) is 0 Å². The van der Waals surface area contributed by atoms with Crippen LogP contribution in [0.15, 0.2) is 24.3 Å². The molecule has 0 saturated carbocycles. The van der Waals surface area contributed by atoms with Crippen LogP contribution in [0, 0.1) is 0 Å². The highest BCUT2D eigenvalue weighted by Crippen LogP contribution is 2.15. The minimum absolute atomic E-state index is 0.109. The maximum Gasteiger partial charge on any atom is 0.409 e. The molecule has 0 radical (unpaired) electrons. The van der Waals surface area contributed by atoms with Crippen molar-refractivity contribution in [3.63, 3.8) is 0 Å². The van der Waals surface area contributed by atoms with Gasteiger partial charge in [0, 0.05) is 38.4 Å². The highest BCUT2D eigenvalue weighted by molar-refractivity contribution is 5.91. The van der Waals surface area contributed by atoms with Crippen LogP contribution in [-0.4, -0.2) is 50.7 Å². The minimum atomic E-state index is -0.340. The molecule has 0 unspecified atom stereocenters. The van der Waals surface area contributed by atoms with Crippen LogP contribution in [0.1, 0.15) is 6.42 Å². The van der Waals surface area contributed by atoms with Gasteiger partial charge >= 0.3 is 6.09 Å². The number of nitrogens with one attached hydrogen (secondary N) is 1. The van der Waals surface area contributed by atoms with Crippen LogP contribution in [0.2, 0.25) is 0 Å². The number of amides is 2. The number of rotatable bonds is 5. The van der Waals surface area contributed by atoms with Gasteiger partial charge in [-0.3, -0.25) is 4.79 Å². The molecular formula is C14H19N3O3. The standard InChI is InChI=1S/C14H19N3O3/c1-16(2)12-5-3-11(4-6-12)15-13(18)7-8-17-9-10-20-14(17)19/h3-6H,7-10H2,1-2H3,(H,15,18). The summed E-state index contributed by atoms with van der Waals surface area (Å²) in [4.78, 5) is 26.5. The molecule has 1 fully saturated rings. The Kier molecular flexibility index (Phi) is 4.45. The molecule has 6 heteroatoms. The lowest BCUT2D eigenvalue weighted by Crippen LogP contribution is -2.28. The summed E-state index contributed by atoms with van der Waals surface area (Å²) in [7, 11) is 3.92. The average Bonchev–Trinajstić information content (AvgIpc) is 2.82. The first-order valence-electron chi connectivity index (χ1n) is 6.55. The largest absolute Gasteiger partial charge is 0.448 e. The second-order valence-electron chi connectivity index (χ2n) is 4.84. The summed E-state index contributed by atoms with van der Waals surface area (Å²) in [6, 6.07) is 7.59. The third-order valence-corrected chi connectivity index (χ3v) is 3.12. The number of carbonyl (C=O) groups is 2. The van der Waals surface area contributed by atoms with Gasteiger partial charge in [-0.2, -0.15) is 0 Å². The number of benzene rings is 1. The van der Waals surface area contributed by atoms with Crippen LogP contribution in [0.25, 0.3) is 0 Å². The lowest BCUT2D eigenvalue weighted by atomic mass is 10.2. The van der Waals surface area contributed by atoms with E-state index in [1.54, 1.807) is 0 Å². The van der Waals surface area contributed by atoms with Crippen molar-refractivity contribution in [1.82, 2.24) is 4.90 Å². The van der Waals surface area contributed by atoms with E-state index in [4.69, 9.17) is 4.74 Å². The van der Waals surface area contributed by atoms with E-state index in [0.717, 1.165) is 11.4 Å². The molecule has 1 N–H and O–H groups in total. The topological polar surface area (TPSA) is 61.9 Å². The molecule has 1 aromatic carbocycles. The second kappa shape index (κ2) is 6.27. The highest BCUT2D eigenvalue weighted by atomic mass is 16.6. The highest BCUT2D eigenvalue weighted by Gasteiger charge is 2.21. The van der Waals surface area contributed by atoms with Crippen LogP contribution in [-0.2, 0) is 9.53 Å². The molecule has 2 amide bonds. The van der Waals surface area contributed by atoms with Crippen molar-refractivity contribution < 1.29 is 14.3 Å². The predicted octanol–water partition coefficient (Wildman–Crippen LogP) is 1.53. The van der Waals surface area contributed by atoms with Crippen molar-refractivity contribution in [1.29, 1.82) is 0 Å². The van der Waals surface area contributed by atoms with Gasteiger partial charge in [0.05, 0.1) is 6.54 Å². The number of ether oxygens (including phenoxy) is 1. The molecule has 1 heterocycles. The Hall–Kier alpha value is -2.24. The smallest absolute Gasteiger partial charge is 0.409 e. The molecule has 0 bridgehead atoms. The maximum atomic E-state index is 11.8. The monoisotopic (exact) mass is 277 g/mol. The minimum Gasteiger partial charge on any atom is -0.448 e. The Morgan fingerprint density at radius 3 is 2.60 bits per heavy atom. The molecule has 0 aliphatic carbocycles.